The van der Waals surface area contributed by atoms with Gasteiger partial charge < -0.3 is 10.2 Å². The lowest BCUT2D eigenvalue weighted by Crippen LogP contribution is -2.26. The molecule has 1 aliphatic rings. The summed E-state index contributed by atoms with van der Waals surface area (Å²) in [7, 11) is 3.32. The summed E-state index contributed by atoms with van der Waals surface area (Å²) < 4.78 is 38.3. The Morgan fingerprint density at radius 1 is 1.30 bits per heavy atom. The molecule has 1 fully saturated rings. The van der Waals surface area contributed by atoms with Crippen LogP contribution in [0.3, 0.4) is 0 Å². The summed E-state index contributed by atoms with van der Waals surface area (Å²) in [6.45, 7) is 0.734. The SMILES string of the molecule is CNc1cc(N(C)CC2CCCC2)nc(C(F)(F)F)n1. The third-order valence-corrected chi connectivity index (χ3v) is 3.62. The monoisotopic (exact) mass is 288 g/mol. The second kappa shape index (κ2) is 5.85. The number of nitrogens with one attached hydrogen (secondary N) is 1. The van der Waals surface area contributed by atoms with Crippen molar-refractivity contribution in [3.63, 3.8) is 0 Å². The Bertz CT molecular complexity index is 455. The molecule has 20 heavy (non-hydrogen) atoms. The maximum atomic E-state index is 12.8. The Morgan fingerprint density at radius 2 is 1.95 bits per heavy atom. The maximum Gasteiger partial charge on any atom is 0.451 e. The van der Waals surface area contributed by atoms with Crippen LogP contribution >= 0.6 is 0 Å². The fourth-order valence-corrected chi connectivity index (χ4v) is 2.56. The van der Waals surface area contributed by atoms with Crippen molar-refractivity contribution in [2.45, 2.75) is 31.9 Å². The van der Waals surface area contributed by atoms with E-state index >= 15 is 0 Å². The van der Waals surface area contributed by atoms with Gasteiger partial charge in [0.1, 0.15) is 11.6 Å². The summed E-state index contributed by atoms with van der Waals surface area (Å²) in [5.74, 6) is -0.0656. The molecule has 0 amide bonds. The largest absolute Gasteiger partial charge is 0.451 e. The molecule has 1 saturated carbocycles. The minimum atomic E-state index is -4.53. The molecule has 1 aliphatic carbocycles. The summed E-state index contributed by atoms with van der Waals surface area (Å²) in [4.78, 5) is 8.89. The van der Waals surface area contributed by atoms with Crippen LogP contribution in [0.5, 0.6) is 0 Å². The maximum absolute atomic E-state index is 12.8. The highest BCUT2D eigenvalue weighted by molar-refractivity contribution is 5.49. The van der Waals surface area contributed by atoms with Gasteiger partial charge in [0.2, 0.25) is 5.82 Å². The molecule has 0 radical (unpaired) electrons. The Balaban J connectivity index is 2.20. The molecular formula is C13H19F3N4. The first-order valence-corrected chi connectivity index (χ1v) is 6.75. The zero-order valence-corrected chi connectivity index (χ0v) is 11.7. The number of anilines is 2. The number of rotatable bonds is 4. The van der Waals surface area contributed by atoms with E-state index in [4.69, 9.17) is 0 Å². The van der Waals surface area contributed by atoms with E-state index in [-0.39, 0.29) is 5.82 Å². The van der Waals surface area contributed by atoms with E-state index in [2.05, 4.69) is 15.3 Å². The molecule has 0 unspecified atom stereocenters. The fraction of sp³-hybridized carbons (Fsp3) is 0.692. The first kappa shape index (κ1) is 14.9. The first-order chi connectivity index (χ1) is 9.40. The molecule has 0 spiro atoms. The molecule has 0 bridgehead atoms. The van der Waals surface area contributed by atoms with Crippen LogP contribution in [0.2, 0.25) is 0 Å². The predicted octanol–water partition coefficient (Wildman–Crippen LogP) is 3.16. The van der Waals surface area contributed by atoms with Crippen molar-refractivity contribution >= 4 is 11.6 Å². The molecule has 2 rings (SSSR count). The van der Waals surface area contributed by atoms with Gasteiger partial charge in [0.15, 0.2) is 0 Å². The number of alkyl halides is 3. The Hall–Kier alpha value is -1.53. The summed E-state index contributed by atoms with van der Waals surface area (Å²) in [5.41, 5.74) is 0. The van der Waals surface area contributed by atoms with Crippen molar-refractivity contribution in [2.24, 2.45) is 5.92 Å². The van der Waals surface area contributed by atoms with E-state index in [1.54, 1.807) is 25.1 Å². The van der Waals surface area contributed by atoms with Gasteiger partial charge in [-0.25, -0.2) is 9.97 Å². The summed E-state index contributed by atoms with van der Waals surface area (Å²) >= 11 is 0. The zero-order chi connectivity index (χ0) is 14.8. The van der Waals surface area contributed by atoms with Crippen molar-refractivity contribution in [3.8, 4) is 0 Å². The van der Waals surface area contributed by atoms with Gasteiger partial charge in [-0.05, 0) is 18.8 Å². The van der Waals surface area contributed by atoms with Crippen molar-refractivity contribution in [1.82, 2.24) is 9.97 Å². The van der Waals surface area contributed by atoms with Crippen LogP contribution < -0.4 is 10.2 Å². The summed E-state index contributed by atoms with van der Waals surface area (Å²) in [6, 6.07) is 1.55. The van der Waals surface area contributed by atoms with Crippen LogP contribution in [0.4, 0.5) is 24.8 Å². The highest BCUT2D eigenvalue weighted by Gasteiger charge is 2.35. The van der Waals surface area contributed by atoms with E-state index in [0.717, 1.165) is 19.4 Å². The predicted molar refractivity (Wildman–Crippen MR) is 71.8 cm³/mol. The first-order valence-electron chi connectivity index (χ1n) is 6.75. The molecule has 1 heterocycles. The molecule has 1 aromatic rings. The average Bonchev–Trinajstić information content (AvgIpc) is 2.90. The smallest absolute Gasteiger partial charge is 0.373 e. The molecule has 1 N–H and O–H groups in total. The zero-order valence-electron chi connectivity index (χ0n) is 11.7. The van der Waals surface area contributed by atoms with Gasteiger partial charge >= 0.3 is 6.18 Å². The molecule has 112 valence electrons. The molecule has 4 nitrogen and oxygen atoms in total. The normalized spacial score (nSPS) is 16.4. The van der Waals surface area contributed by atoms with Gasteiger partial charge in [-0.15, -0.1) is 0 Å². The Labute approximate surface area is 116 Å². The lowest BCUT2D eigenvalue weighted by Gasteiger charge is -2.23. The number of hydrogen-bond donors (Lipinski definition) is 1. The molecule has 0 aliphatic heterocycles. The topological polar surface area (TPSA) is 41.0 Å². The second-order valence-electron chi connectivity index (χ2n) is 5.21. The number of aromatic nitrogens is 2. The van der Waals surface area contributed by atoms with Crippen LogP contribution in [0, 0.1) is 5.92 Å². The summed E-state index contributed by atoms with van der Waals surface area (Å²) in [5, 5.41) is 2.65. The third-order valence-electron chi connectivity index (χ3n) is 3.62. The van der Waals surface area contributed by atoms with E-state index in [0.29, 0.717) is 11.7 Å². The Morgan fingerprint density at radius 3 is 2.50 bits per heavy atom. The fourth-order valence-electron chi connectivity index (χ4n) is 2.56. The highest BCUT2D eigenvalue weighted by atomic mass is 19.4. The van der Waals surface area contributed by atoms with Gasteiger partial charge in [0.05, 0.1) is 0 Å². The molecule has 0 aromatic carbocycles. The van der Waals surface area contributed by atoms with Crippen LogP contribution in [-0.4, -0.2) is 30.6 Å². The lowest BCUT2D eigenvalue weighted by molar-refractivity contribution is -0.144. The third kappa shape index (κ3) is 3.52. The molecule has 0 atom stereocenters. The van der Waals surface area contributed by atoms with Crippen LogP contribution in [0.1, 0.15) is 31.5 Å². The number of halogens is 3. The molecule has 0 saturated heterocycles. The van der Waals surface area contributed by atoms with E-state index in [9.17, 15) is 13.2 Å². The van der Waals surface area contributed by atoms with Crippen molar-refractivity contribution in [1.29, 1.82) is 0 Å². The quantitative estimate of drug-likeness (QED) is 0.924. The minimum absolute atomic E-state index is 0.181. The van der Waals surface area contributed by atoms with E-state index in [1.165, 1.54) is 12.8 Å². The molecule has 7 heteroatoms. The van der Waals surface area contributed by atoms with E-state index in [1.807, 2.05) is 0 Å². The standard InChI is InChI=1S/C13H19F3N4/c1-17-10-7-11(19-12(18-10)13(14,15)16)20(2)8-9-5-3-4-6-9/h7,9H,3-6,8H2,1-2H3,(H,17,18,19). The van der Waals surface area contributed by atoms with Gasteiger partial charge in [-0.3, -0.25) is 0 Å². The van der Waals surface area contributed by atoms with E-state index < -0.39 is 12.0 Å². The minimum Gasteiger partial charge on any atom is -0.373 e. The highest BCUT2D eigenvalue weighted by Crippen LogP contribution is 2.30. The van der Waals surface area contributed by atoms with Crippen LogP contribution in [0.15, 0.2) is 6.07 Å². The van der Waals surface area contributed by atoms with Gasteiger partial charge in [0.25, 0.3) is 0 Å². The van der Waals surface area contributed by atoms with Crippen LogP contribution in [0.25, 0.3) is 0 Å². The van der Waals surface area contributed by atoms with Gasteiger partial charge in [-0.1, -0.05) is 12.8 Å². The molecular weight excluding hydrogens is 269 g/mol. The number of hydrogen-bond acceptors (Lipinski definition) is 4. The average molecular weight is 288 g/mol. The molecule has 1 aromatic heterocycles. The van der Waals surface area contributed by atoms with Crippen molar-refractivity contribution in [2.75, 3.05) is 30.9 Å². The second-order valence-corrected chi connectivity index (χ2v) is 5.21. The van der Waals surface area contributed by atoms with Crippen molar-refractivity contribution in [3.05, 3.63) is 11.9 Å². The van der Waals surface area contributed by atoms with Gasteiger partial charge in [-0.2, -0.15) is 13.2 Å². The number of nitrogens with zero attached hydrogens (tertiary/aromatic N) is 3. The van der Waals surface area contributed by atoms with Crippen molar-refractivity contribution < 1.29 is 13.2 Å². The van der Waals surface area contributed by atoms with Crippen LogP contribution in [-0.2, 0) is 6.18 Å². The summed E-state index contributed by atoms with van der Waals surface area (Å²) in [6.07, 6.45) is 0.159. The Kier molecular flexibility index (Phi) is 4.35. The van der Waals surface area contributed by atoms with Gasteiger partial charge in [0, 0.05) is 26.7 Å². The lowest BCUT2D eigenvalue weighted by atomic mass is 10.1.